The topological polar surface area (TPSA) is 135 Å². The van der Waals surface area contributed by atoms with E-state index in [4.69, 9.17) is 19.3 Å². The first-order valence-corrected chi connectivity index (χ1v) is 7.97. The molecule has 0 bridgehead atoms. The molecular formula is C17H25NO8. The maximum absolute atomic E-state index is 11.8. The third-order valence-electron chi connectivity index (χ3n) is 3.16. The monoisotopic (exact) mass is 371 g/mol. The smallest absolute Gasteiger partial charge is 0.341 e. The van der Waals surface area contributed by atoms with E-state index in [1.54, 1.807) is 20.8 Å². The van der Waals surface area contributed by atoms with Crippen molar-refractivity contribution < 1.29 is 39.1 Å². The molecule has 1 heterocycles. The van der Waals surface area contributed by atoms with Gasteiger partial charge in [-0.3, -0.25) is 9.79 Å². The fraction of sp³-hybridized carbons (Fsp3) is 0.588. The summed E-state index contributed by atoms with van der Waals surface area (Å²) in [7, 11) is 0. The SMILES string of the molecule is CC(=O)OC[C@H]1O[C@@H](N=CC=CC(=CO)C(=O)OC(C)(C)C)[C@H](O)[C@@H]1O. The lowest BCUT2D eigenvalue weighted by Crippen LogP contribution is -2.34. The summed E-state index contributed by atoms with van der Waals surface area (Å²) in [6.45, 7) is 6.10. The normalized spacial score (nSPS) is 27.2. The Hall–Kier alpha value is -2.23. The Morgan fingerprint density at radius 2 is 1.88 bits per heavy atom. The van der Waals surface area contributed by atoms with Crippen molar-refractivity contribution in [2.45, 2.75) is 57.8 Å². The zero-order valence-electron chi connectivity index (χ0n) is 15.2. The molecule has 1 aliphatic rings. The van der Waals surface area contributed by atoms with E-state index >= 15 is 0 Å². The molecule has 0 spiro atoms. The van der Waals surface area contributed by atoms with Gasteiger partial charge in [-0.2, -0.15) is 0 Å². The highest BCUT2D eigenvalue weighted by Gasteiger charge is 2.42. The number of carbonyl (C=O) groups is 2. The Kier molecular flexibility index (Phi) is 7.94. The number of hydrogen-bond donors (Lipinski definition) is 3. The number of nitrogens with zero attached hydrogens (tertiary/aromatic N) is 1. The third-order valence-corrected chi connectivity index (χ3v) is 3.16. The first kappa shape index (κ1) is 21.8. The van der Waals surface area contributed by atoms with E-state index in [2.05, 4.69) is 4.99 Å². The van der Waals surface area contributed by atoms with Crippen LogP contribution in [0.3, 0.4) is 0 Å². The first-order valence-electron chi connectivity index (χ1n) is 7.97. The van der Waals surface area contributed by atoms with E-state index in [9.17, 15) is 19.8 Å². The Morgan fingerprint density at radius 3 is 2.42 bits per heavy atom. The predicted octanol–water partition coefficient (Wildman–Crippen LogP) is 0.407. The van der Waals surface area contributed by atoms with Crippen LogP contribution in [0.4, 0.5) is 0 Å². The fourth-order valence-corrected chi connectivity index (χ4v) is 1.97. The zero-order valence-corrected chi connectivity index (χ0v) is 15.2. The fourth-order valence-electron chi connectivity index (χ4n) is 1.97. The molecule has 9 heteroatoms. The summed E-state index contributed by atoms with van der Waals surface area (Å²) in [4.78, 5) is 26.5. The minimum Gasteiger partial charge on any atom is -0.515 e. The standard InChI is InChI=1S/C17H25NO8/c1-10(20)24-9-12-13(21)14(22)15(25-12)18-7-5-6-11(8-19)16(23)26-17(2,3)4/h5-8,12-15,19,21-22H,9H2,1-4H3/t12-,13-,14-,15-/m1/s1. The van der Waals surface area contributed by atoms with Crippen LogP contribution in [0, 0.1) is 0 Å². The number of aliphatic hydroxyl groups excluding tert-OH is 3. The Morgan fingerprint density at radius 1 is 1.23 bits per heavy atom. The maximum atomic E-state index is 11.8. The molecule has 3 N–H and O–H groups in total. The lowest BCUT2D eigenvalue weighted by Gasteiger charge is -2.19. The Labute approximate surface area is 151 Å². The van der Waals surface area contributed by atoms with Gasteiger partial charge in [-0.25, -0.2) is 4.79 Å². The average Bonchev–Trinajstić information content (AvgIpc) is 2.79. The Balaban J connectivity index is 2.62. The highest BCUT2D eigenvalue weighted by molar-refractivity contribution is 5.92. The Bertz CT molecular complexity index is 590. The molecule has 0 aromatic carbocycles. The van der Waals surface area contributed by atoms with Gasteiger partial charge in [-0.05, 0) is 32.9 Å². The number of hydrogen-bond acceptors (Lipinski definition) is 9. The molecule has 0 amide bonds. The van der Waals surface area contributed by atoms with Crippen molar-refractivity contribution in [1.82, 2.24) is 0 Å². The van der Waals surface area contributed by atoms with Gasteiger partial charge in [0.25, 0.3) is 0 Å². The van der Waals surface area contributed by atoms with Gasteiger partial charge < -0.3 is 29.5 Å². The van der Waals surface area contributed by atoms with E-state index in [1.165, 1.54) is 25.3 Å². The molecular weight excluding hydrogens is 346 g/mol. The van der Waals surface area contributed by atoms with Crippen LogP contribution in [0.1, 0.15) is 27.7 Å². The molecule has 0 saturated carbocycles. The summed E-state index contributed by atoms with van der Waals surface area (Å²) in [5, 5.41) is 28.8. The second-order valence-corrected chi connectivity index (χ2v) is 6.59. The van der Waals surface area contributed by atoms with Gasteiger partial charge in [-0.1, -0.05) is 0 Å². The van der Waals surface area contributed by atoms with Crippen LogP contribution in [0.25, 0.3) is 0 Å². The summed E-state index contributed by atoms with van der Waals surface area (Å²) >= 11 is 0. The number of aliphatic hydroxyl groups is 3. The maximum Gasteiger partial charge on any atom is 0.341 e. The lowest BCUT2D eigenvalue weighted by atomic mass is 10.1. The van der Waals surface area contributed by atoms with Crippen molar-refractivity contribution in [2.75, 3.05) is 6.61 Å². The molecule has 1 rings (SSSR count). The van der Waals surface area contributed by atoms with Gasteiger partial charge in [-0.15, -0.1) is 0 Å². The molecule has 146 valence electrons. The molecule has 0 aliphatic carbocycles. The number of aliphatic imine (C=N–C) groups is 1. The van der Waals surface area contributed by atoms with Gasteiger partial charge in [0.05, 0.1) is 11.8 Å². The molecule has 0 aromatic rings. The quantitative estimate of drug-likeness (QED) is 0.201. The molecule has 9 nitrogen and oxygen atoms in total. The van der Waals surface area contributed by atoms with Crippen LogP contribution in [-0.2, 0) is 23.8 Å². The number of allylic oxidation sites excluding steroid dienone is 1. The second kappa shape index (κ2) is 9.46. The summed E-state index contributed by atoms with van der Waals surface area (Å²) in [5.41, 5.74) is -0.797. The van der Waals surface area contributed by atoms with Crippen molar-refractivity contribution >= 4 is 18.2 Å². The first-order chi connectivity index (χ1) is 12.0. The number of ether oxygens (including phenoxy) is 3. The minimum atomic E-state index is -1.29. The lowest BCUT2D eigenvalue weighted by molar-refractivity contribution is -0.149. The highest BCUT2D eigenvalue weighted by Crippen LogP contribution is 2.22. The summed E-state index contributed by atoms with van der Waals surface area (Å²) < 4.78 is 15.2. The van der Waals surface area contributed by atoms with E-state index < -0.39 is 42.1 Å². The van der Waals surface area contributed by atoms with Crippen molar-refractivity contribution in [2.24, 2.45) is 4.99 Å². The van der Waals surface area contributed by atoms with Crippen LogP contribution in [0.15, 0.2) is 29.0 Å². The molecule has 1 saturated heterocycles. The largest absolute Gasteiger partial charge is 0.515 e. The van der Waals surface area contributed by atoms with Gasteiger partial charge in [0.15, 0.2) is 6.23 Å². The van der Waals surface area contributed by atoms with Gasteiger partial charge in [0.2, 0.25) is 0 Å². The molecule has 1 aliphatic heterocycles. The summed E-state index contributed by atoms with van der Waals surface area (Å²) in [5.74, 6) is -1.24. The van der Waals surface area contributed by atoms with Gasteiger partial charge >= 0.3 is 11.9 Å². The van der Waals surface area contributed by atoms with E-state index in [0.717, 1.165) is 0 Å². The van der Waals surface area contributed by atoms with Crippen LogP contribution in [-0.4, -0.2) is 70.2 Å². The zero-order chi connectivity index (χ0) is 19.9. The molecule has 0 aromatic heterocycles. The highest BCUT2D eigenvalue weighted by atomic mass is 16.6. The number of carbonyl (C=O) groups excluding carboxylic acids is 2. The second-order valence-electron chi connectivity index (χ2n) is 6.59. The van der Waals surface area contributed by atoms with Gasteiger partial charge in [0.1, 0.15) is 30.5 Å². The van der Waals surface area contributed by atoms with Crippen LogP contribution in [0.2, 0.25) is 0 Å². The number of esters is 2. The summed E-state index contributed by atoms with van der Waals surface area (Å²) in [6.07, 6.45) is -0.0394. The average molecular weight is 371 g/mol. The number of rotatable bonds is 6. The van der Waals surface area contributed by atoms with Crippen molar-refractivity contribution in [3.05, 3.63) is 24.0 Å². The molecule has 26 heavy (non-hydrogen) atoms. The van der Waals surface area contributed by atoms with E-state index in [0.29, 0.717) is 6.26 Å². The van der Waals surface area contributed by atoms with Crippen molar-refractivity contribution in [1.29, 1.82) is 0 Å². The van der Waals surface area contributed by atoms with Crippen LogP contribution in [0.5, 0.6) is 0 Å². The molecule has 0 radical (unpaired) electrons. The molecule has 0 unspecified atom stereocenters. The van der Waals surface area contributed by atoms with Crippen molar-refractivity contribution in [3.8, 4) is 0 Å². The van der Waals surface area contributed by atoms with E-state index in [-0.39, 0.29) is 12.2 Å². The van der Waals surface area contributed by atoms with Crippen LogP contribution >= 0.6 is 0 Å². The van der Waals surface area contributed by atoms with E-state index in [1.807, 2.05) is 0 Å². The van der Waals surface area contributed by atoms with Crippen molar-refractivity contribution in [3.63, 3.8) is 0 Å². The summed E-state index contributed by atoms with van der Waals surface area (Å²) in [6, 6.07) is 0. The van der Waals surface area contributed by atoms with Crippen LogP contribution < -0.4 is 0 Å². The molecule has 1 fully saturated rings. The third kappa shape index (κ3) is 6.95. The molecule has 4 atom stereocenters. The predicted molar refractivity (Wildman–Crippen MR) is 91.5 cm³/mol. The van der Waals surface area contributed by atoms with Gasteiger partial charge in [0, 0.05) is 13.1 Å². The minimum absolute atomic E-state index is 0.0907.